The number of methoxy groups -OCH3 is 1. The maximum absolute atomic E-state index is 13.7. The third-order valence-corrected chi connectivity index (χ3v) is 3.11. The van der Waals surface area contributed by atoms with Crippen molar-refractivity contribution in [2.24, 2.45) is 0 Å². The zero-order valence-corrected chi connectivity index (χ0v) is 11.5. The molecule has 0 aliphatic carbocycles. The number of halogens is 2. The topological polar surface area (TPSA) is 21.3 Å². The lowest BCUT2D eigenvalue weighted by Crippen LogP contribution is -2.10. The number of rotatable bonds is 5. The van der Waals surface area contributed by atoms with Crippen LogP contribution in [0.3, 0.4) is 0 Å². The van der Waals surface area contributed by atoms with Gasteiger partial charge in [0.2, 0.25) is 0 Å². The Bertz CT molecular complexity index is 586. The first-order valence-electron chi connectivity index (χ1n) is 6.40. The summed E-state index contributed by atoms with van der Waals surface area (Å²) >= 11 is 0. The maximum atomic E-state index is 13.7. The van der Waals surface area contributed by atoms with Crippen LogP contribution in [0.4, 0.5) is 14.5 Å². The third kappa shape index (κ3) is 3.33. The van der Waals surface area contributed by atoms with E-state index in [0.717, 1.165) is 23.4 Å². The highest BCUT2D eigenvalue weighted by molar-refractivity contribution is 5.52. The minimum absolute atomic E-state index is 0.303. The molecule has 0 amide bonds. The number of hydrogen-bond donors (Lipinski definition) is 1. The molecule has 0 aromatic heterocycles. The molecule has 2 aromatic rings. The molecule has 0 fully saturated rings. The minimum Gasteiger partial charge on any atom is -0.380 e. The van der Waals surface area contributed by atoms with Crippen molar-refractivity contribution in [3.8, 4) is 0 Å². The van der Waals surface area contributed by atoms with E-state index < -0.39 is 11.6 Å². The van der Waals surface area contributed by atoms with Crippen LogP contribution >= 0.6 is 0 Å². The zero-order chi connectivity index (χ0) is 14.5. The molecule has 1 unspecified atom stereocenters. The number of nitrogens with one attached hydrogen (secondary N) is 1. The van der Waals surface area contributed by atoms with Gasteiger partial charge in [0.25, 0.3) is 0 Å². The average molecular weight is 277 g/mol. The average Bonchev–Trinajstić information content (AvgIpc) is 2.44. The Morgan fingerprint density at radius 1 is 1.15 bits per heavy atom. The molecule has 0 aliphatic rings. The van der Waals surface area contributed by atoms with Crippen LogP contribution in [-0.4, -0.2) is 7.11 Å². The molecule has 4 heteroatoms. The van der Waals surface area contributed by atoms with Crippen molar-refractivity contribution < 1.29 is 13.5 Å². The lowest BCUT2D eigenvalue weighted by Gasteiger charge is -2.19. The summed E-state index contributed by atoms with van der Waals surface area (Å²) in [5.74, 6) is -0.865. The molecular weight excluding hydrogens is 260 g/mol. The standard InChI is InChI=1S/C16H17F2NO/c1-11(14-9-13(17)7-8-15(14)18)19-16-6-4-3-5-12(16)10-20-2/h3-9,11,19H,10H2,1-2H3. The van der Waals surface area contributed by atoms with E-state index in [1.807, 2.05) is 24.3 Å². The van der Waals surface area contributed by atoms with Crippen LogP contribution in [0, 0.1) is 11.6 Å². The molecule has 0 bridgehead atoms. The van der Waals surface area contributed by atoms with Gasteiger partial charge in [-0.05, 0) is 31.2 Å². The molecular formula is C16H17F2NO. The van der Waals surface area contributed by atoms with Gasteiger partial charge in [0.05, 0.1) is 12.6 Å². The number of hydrogen-bond acceptors (Lipinski definition) is 2. The third-order valence-electron chi connectivity index (χ3n) is 3.11. The normalized spacial score (nSPS) is 12.2. The number of benzene rings is 2. The molecule has 0 aliphatic heterocycles. The fourth-order valence-electron chi connectivity index (χ4n) is 2.10. The van der Waals surface area contributed by atoms with Crippen molar-refractivity contribution in [3.05, 3.63) is 65.2 Å². The molecule has 1 atom stereocenters. The summed E-state index contributed by atoms with van der Waals surface area (Å²) in [6.45, 7) is 2.25. The molecule has 2 rings (SSSR count). The van der Waals surface area contributed by atoms with Crippen molar-refractivity contribution in [2.45, 2.75) is 19.6 Å². The zero-order valence-electron chi connectivity index (χ0n) is 11.5. The van der Waals surface area contributed by atoms with Crippen LogP contribution in [0.1, 0.15) is 24.1 Å². The molecule has 1 N–H and O–H groups in total. The van der Waals surface area contributed by atoms with E-state index in [4.69, 9.17) is 4.74 Å². The van der Waals surface area contributed by atoms with Crippen LogP contribution in [-0.2, 0) is 11.3 Å². The predicted octanol–water partition coefficient (Wildman–Crippen LogP) is 4.28. The van der Waals surface area contributed by atoms with Gasteiger partial charge in [0.1, 0.15) is 11.6 Å². The van der Waals surface area contributed by atoms with Crippen molar-refractivity contribution >= 4 is 5.69 Å². The first-order valence-corrected chi connectivity index (χ1v) is 6.40. The summed E-state index contributed by atoms with van der Waals surface area (Å²) in [6.07, 6.45) is 0. The Kier molecular flexibility index (Phi) is 4.69. The second kappa shape index (κ2) is 6.48. The van der Waals surface area contributed by atoms with Crippen molar-refractivity contribution in [3.63, 3.8) is 0 Å². The fraction of sp³-hybridized carbons (Fsp3) is 0.250. The quantitative estimate of drug-likeness (QED) is 0.880. The van der Waals surface area contributed by atoms with Crippen LogP contribution in [0.15, 0.2) is 42.5 Å². The molecule has 0 spiro atoms. The van der Waals surface area contributed by atoms with Crippen molar-refractivity contribution in [1.29, 1.82) is 0 Å². The van der Waals surface area contributed by atoms with E-state index in [2.05, 4.69) is 5.32 Å². The Hall–Kier alpha value is -1.94. The monoisotopic (exact) mass is 277 g/mol. The van der Waals surface area contributed by atoms with E-state index in [1.54, 1.807) is 14.0 Å². The van der Waals surface area contributed by atoms with Crippen molar-refractivity contribution in [2.75, 3.05) is 12.4 Å². The SMILES string of the molecule is COCc1ccccc1NC(C)c1cc(F)ccc1F. The van der Waals surface area contributed by atoms with Gasteiger partial charge >= 0.3 is 0 Å². The lowest BCUT2D eigenvalue weighted by atomic mass is 10.1. The van der Waals surface area contributed by atoms with Gasteiger partial charge in [-0.3, -0.25) is 0 Å². The second-order valence-electron chi connectivity index (χ2n) is 4.62. The maximum Gasteiger partial charge on any atom is 0.128 e. The molecule has 0 heterocycles. The van der Waals surface area contributed by atoms with Crippen LogP contribution in [0.2, 0.25) is 0 Å². The van der Waals surface area contributed by atoms with E-state index in [1.165, 1.54) is 6.07 Å². The van der Waals surface area contributed by atoms with Gasteiger partial charge in [0.15, 0.2) is 0 Å². The van der Waals surface area contributed by atoms with Gasteiger partial charge in [0, 0.05) is 23.9 Å². The Labute approximate surface area is 117 Å². The summed E-state index contributed by atoms with van der Waals surface area (Å²) in [6, 6.07) is 10.7. The Morgan fingerprint density at radius 2 is 1.90 bits per heavy atom. The van der Waals surface area contributed by atoms with Gasteiger partial charge in [-0.25, -0.2) is 8.78 Å². The Balaban J connectivity index is 2.23. The largest absolute Gasteiger partial charge is 0.380 e. The summed E-state index contributed by atoms with van der Waals surface area (Å²) in [5.41, 5.74) is 2.13. The first-order chi connectivity index (χ1) is 9.61. The van der Waals surface area contributed by atoms with Gasteiger partial charge in [-0.1, -0.05) is 18.2 Å². The molecule has 0 radical (unpaired) electrons. The highest BCUT2D eigenvalue weighted by Crippen LogP contribution is 2.25. The number of anilines is 1. The molecule has 106 valence electrons. The summed E-state index contributed by atoms with van der Waals surface area (Å²) in [7, 11) is 1.62. The molecule has 0 saturated carbocycles. The highest BCUT2D eigenvalue weighted by atomic mass is 19.1. The lowest BCUT2D eigenvalue weighted by molar-refractivity contribution is 0.185. The van der Waals surface area contributed by atoms with Gasteiger partial charge < -0.3 is 10.1 Å². The predicted molar refractivity (Wildman–Crippen MR) is 75.6 cm³/mol. The van der Waals surface area contributed by atoms with Gasteiger partial charge in [-0.15, -0.1) is 0 Å². The fourth-order valence-corrected chi connectivity index (χ4v) is 2.10. The van der Waals surface area contributed by atoms with Gasteiger partial charge in [-0.2, -0.15) is 0 Å². The minimum atomic E-state index is -0.444. The smallest absolute Gasteiger partial charge is 0.128 e. The van der Waals surface area contributed by atoms with E-state index in [9.17, 15) is 8.78 Å². The molecule has 2 aromatic carbocycles. The first kappa shape index (κ1) is 14.5. The second-order valence-corrected chi connectivity index (χ2v) is 4.62. The van der Waals surface area contributed by atoms with Crippen LogP contribution in [0.5, 0.6) is 0 Å². The summed E-state index contributed by atoms with van der Waals surface area (Å²) in [5, 5.41) is 3.19. The van der Waals surface area contributed by atoms with E-state index >= 15 is 0 Å². The van der Waals surface area contributed by atoms with Crippen LogP contribution < -0.4 is 5.32 Å². The molecule has 0 saturated heterocycles. The Morgan fingerprint density at radius 3 is 2.65 bits per heavy atom. The van der Waals surface area contributed by atoms with Crippen LogP contribution in [0.25, 0.3) is 0 Å². The summed E-state index contributed by atoms with van der Waals surface area (Å²) < 4.78 is 32.1. The number of para-hydroxylation sites is 1. The number of ether oxygens (including phenoxy) is 1. The molecule has 2 nitrogen and oxygen atoms in total. The van der Waals surface area contributed by atoms with E-state index in [0.29, 0.717) is 12.2 Å². The van der Waals surface area contributed by atoms with E-state index in [-0.39, 0.29) is 6.04 Å². The summed E-state index contributed by atoms with van der Waals surface area (Å²) in [4.78, 5) is 0. The highest BCUT2D eigenvalue weighted by Gasteiger charge is 2.13. The molecule has 20 heavy (non-hydrogen) atoms. The van der Waals surface area contributed by atoms with Crippen molar-refractivity contribution in [1.82, 2.24) is 0 Å².